The summed E-state index contributed by atoms with van der Waals surface area (Å²) in [5.74, 6) is -0.363. The van der Waals surface area contributed by atoms with Gasteiger partial charge in [0.15, 0.2) is 0 Å². The van der Waals surface area contributed by atoms with Gasteiger partial charge in [-0.15, -0.1) is 0 Å². The normalized spacial score (nSPS) is 23.8. The summed E-state index contributed by atoms with van der Waals surface area (Å²) < 4.78 is 0.0560. The average Bonchev–Trinajstić information content (AvgIpc) is 2.72. The third kappa shape index (κ3) is 4.01. The fourth-order valence-electron chi connectivity index (χ4n) is 2.16. The quantitative estimate of drug-likeness (QED) is 0.402. The van der Waals surface area contributed by atoms with E-state index in [2.05, 4.69) is 18.0 Å². The molecule has 0 aromatic heterocycles. The number of carbonyl (C=O) groups is 1. The number of carboxylic acid groups (broad SMARTS) is 1. The Morgan fingerprint density at radius 2 is 2.32 bits per heavy atom. The van der Waals surface area contributed by atoms with Gasteiger partial charge in [0, 0.05) is 6.92 Å². The lowest BCUT2D eigenvalue weighted by atomic mass is 10.2. The minimum atomic E-state index is -1.12. The second kappa shape index (κ2) is 7.21. The summed E-state index contributed by atoms with van der Waals surface area (Å²) in [6, 6.07) is 0. The highest BCUT2D eigenvalue weighted by Gasteiger charge is 2.38. The number of nitrogens with two attached hydrogens (primary N) is 1. The van der Waals surface area contributed by atoms with Gasteiger partial charge in [0.2, 0.25) is 5.84 Å². The molecule has 0 aliphatic carbocycles. The smallest absolute Gasteiger partial charge is 0.213 e. The molecule has 1 aliphatic heterocycles. The summed E-state index contributed by atoms with van der Waals surface area (Å²) in [6.45, 7) is 3.77. The number of amidine groups is 1. The van der Waals surface area contributed by atoms with Crippen LogP contribution in [0.5, 0.6) is 0 Å². The molecule has 1 aliphatic rings. The fraction of sp³-hybridized carbons (Fsp3) is 0.571. The average molecular weight is 265 g/mol. The predicted molar refractivity (Wildman–Crippen MR) is 73.6 cm³/mol. The van der Waals surface area contributed by atoms with E-state index >= 15 is 0 Å². The van der Waals surface area contributed by atoms with Crippen LogP contribution in [0.4, 0.5) is 0 Å². The Labute approximate surface area is 114 Å². The Kier molecular flexibility index (Phi) is 5.92. The zero-order valence-electron chi connectivity index (χ0n) is 11.7. The van der Waals surface area contributed by atoms with Crippen LogP contribution in [0.3, 0.4) is 0 Å². The lowest BCUT2D eigenvalue weighted by Crippen LogP contribution is -2.60. The van der Waals surface area contributed by atoms with Crippen molar-refractivity contribution in [2.75, 3.05) is 6.54 Å². The number of unbranched alkanes of at least 4 members (excludes halogenated alkanes) is 2. The first-order valence-corrected chi connectivity index (χ1v) is 6.75. The summed E-state index contributed by atoms with van der Waals surface area (Å²) in [7, 11) is 0. The van der Waals surface area contributed by atoms with Crippen molar-refractivity contribution in [3.05, 3.63) is 24.6 Å². The number of rotatable bonds is 8. The first-order valence-electron chi connectivity index (χ1n) is 6.75. The molecule has 0 amide bonds. The zero-order valence-corrected chi connectivity index (χ0v) is 11.7. The Hall–Kier alpha value is -1.46. The van der Waals surface area contributed by atoms with Crippen LogP contribution in [-0.2, 0) is 4.79 Å². The minimum absolute atomic E-state index is 0.0560. The monoisotopic (exact) mass is 265 g/mol. The van der Waals surface area contributed by atoms with Crippen LogP contribution in [0.2, 0.25) is 0 Å². The van der Waals surface area contributed by atoms with Crippen molar-refractivity contribution in [1.29, 1.82) is 0 Å². The van der Waals surface area contributed by atoms with E-state index < -0.39 is 5.97 Å². The number of hydrogen-bond donors (Lipinski definition) is 1. The van der Waals surface area contributed by atoms with Crippen molar-refractivity contribution in [2.45, 2.75) is 45.7 Å². The van der Waals surface area contributed by atoms with Crippen molar-refractivity contribution in [2.24, 2.45) is 10.7 Å². The molecule has 0 aromatic rings. The van der Waals surface area contributed by atoms with Crippen LogP contribution in [-0.4, -0.2) is 29.0 Å². The second-order valence-corrected chi connectivity index (χ2v) is 4.86. The Bertz CT molecular complexity index is 399. The highest BCUT2D eigenvalue weighted by molar-refractivity contribution is 5.82. The third-order valence-electron chi connectivity index (χ3n) is 3.35. The topological polar surface area (TPSA) is 78.5 Å². The molecule has 2 unspecified atom stereocenters. The van der Waals surface area contributed by atoms with Crippen molar-refractivity contribution in [3.8, 4) is 0 Å². The molecule has 0 bridgehead atoms. The molecule has 1 rings (SSSR count). The molecule has 2 atom stereocenters. The van der Waals surface area contributed by atoms with E-state index in [1.54, 1.807) is 19.3 Å². The summed E-state index contributed by atoms with van der Waals surface area (Å²) in [5, 5.41) is 10.9. The summed E-state index contributed by atoms with van der Waals surface area (Å²) >= 11 is 0. The van der Waals surface area contributed by atoms with Crippen molar-refractivity contribution in [1.82, 2.24) is 0 Å². The number of aliphatic imine (C=N–C) groups is 1. The molecule has 0 radical (unpaired) electrons. The minimum Gasteiger partial charge on any atom is -0.544 e. The predicted octanol–water partition coefficient (Wildman–Crippen LogP) is 0.878. The number of hydrogen-bond acceptors (Lipinski definition) is 4. The Morgan fingerprint density at radius 3 is 2.89 bits per heavy atom. The summed E-state index contributed by atoms with van der Waals surface area (Å²) in [6.07, 6.45) is 11.1. The van der Waals surface area contributed by atoms with Crippen LogP contribution in [0.1, 0.15) is 39.5 Å². The molecule has 106 valence electrons. The van der Waals surface area contributed by atoms with Crippen LogP contribution in [0, 0.1) is 0 Å². The maximum atomic E-state index is 10.9. The van der Waals surface area contributed by atoms with Crippen LogP contribution in [0.15, 0.2) is 29.5 Å². The highest BCUT2D eigenvalue weighted by Crippen LogP contribution is 2.21. The molecule has 5 heteroatoms. The third-order valence-corrected chi connectivity index (χ3v) is 3.35. The van der Waals surface area contributed by atoms with Gasteiger partial charge >= 0.3 is 0 Å². The molecular weight excluding hydrogens is 242 g/mol. The SMILES string of the molecule is CCCC/C=C/CC1=NC=C[N+]1(CC(=O)[O-])C(C)N. The Balaban J connectivity index is 2.71. The van der Waals surface area contributed by atoms with E-state index in [-0.39, 0.29) is 17.2 Å². The number of quaternary nitrogens is 1. The second-order valence-electron chi connectivity index (χ2n) is 4.86. The number of carboxylic acids is 1. The van der Waals surface area contributed by atoms with E-state index in [1.807, 2.05) is 6.08 Å². The van der Waals surface area contributed by atoms with Crippen molar-refractivity contribution < 1.29 is 14.4 Å². The van der Waals surface area contributed by atoms with Gasteiger partial charge in [-0.1, -0.05) is 31.9 Å². The number of nitrogens with zero attached hydrogens (tertiary/aromatic N) is 2. The molecule has 19 heavy (non-hydrogen) atoms. The maximum absolute atomic E-state index is 10.9. The van der Waals surface area contributed by atoms with Gasteiger partial charge in [-0.2, -0.15) is 0 Å². The molecule has 0 saturated heterocycles. The van der Waals surface area contributed by atoms with Crippen LogP contribution < -0.4 is 10.8 Å². The first kappa shape index (κ1) is 15.6. The van der Waals surface area contributed by atoms with Gasteiger partial charge in [0.05, 0.1) is 18.6 Å². The van der Waals surface area contributed by atoms with Gasteiger partial charge in [0.25, 0.3) is 0 Å². The molecular formula is C14H23N3O2. The van der Waals surface area contributed by atoms with Gasteiger partial charge in [-0.05, 0) is 6.42 Å². The summed E-state index contributed by atoms with van der Waals surface area (Å²) in [4.78, 5) is 15.2. The number of aliphatic carboxylic acids is 1. The van der Waals surface area contributed by atoms with E-state index in [9.17, 15) is 9.90 Å². The standard InChI is InChI=1S/C14H23N3O2/c1-3-4-5-6-7-8-13-16-9-10-17(13,12(2)15)11-14(18)19/h6-7,9-10,12H,3-5,8,11,15H2,1-2H3/b7-6+. The van der Waals surface area contributed by atoms with Gasteiger partial charge in [-0.3, -0.25) is 5.73 Å². The number of carbonyl (C=O) groups excluding carboxylic acids is 1. The van der Waals surface area contributed by atoms with Crippen molar-refractivity contribution in [3.63, 3.8) is 0 Å². The first-order chi connectivity index (χ1) is 9.03. The highest BCUT2D eigenvalue weighted by atomic mass is 16.4. The van der Waals surface area contributed by atoms with Crippen LogP contribution in [0.25, 0.3) is 0 Å². The molecule has 0 aromatic carbocycles. The van der Waals surface area contributed by atoms with Gasteiger partial charge < -0.3 is 9.90 Å². The van der Waals surface area contributed by atoms with E-state index in [0.717, 1.165) is 25.1 Å². The zero-order chi connectivity index (χ0) is 14.3. The molecule has 0 spiro atoms. The molecule has 0 fully saturated rings. The van der Waals surface area contributed by atoms with E-state index in [0.29, 0.717) is 6.42 Å². The molecule has 5 nitrogen and oxygen atoms in total. The number of allylic oxidation sites excluding steroid dienone is 1. The maximum Gasteiger partial charge on any atom is 0.213 e. The fourth-order valence-corrected chi connectivity index (χ4v) is 2.16. The molecule has 2 N–H and O–H groups in total. The largest absolute Gasteiger partial charge is 0.544 e. The van der Waals surface area contributed by atoms with Crippen molar-refractivity contribution >= 4 is 11.8 Å². The molecule has 1 heterocycles. The molecule has 0 saturated carbocycles. The van der Waals surface area contributed by atoms with Crippen LogP contribution >= 0.6 is 0 Å². The Morgan fingerprint density at radius 1 is 1.58 bits per heavy atom. The lowest BCUT2D eigenvalue weighted by molar-refractivity contribution is -0.807. The lowest BCUT2D eigenvalue weighted by Gasteiger charge is -2.35. The van der Waals surface area contributed by atoms with Gasteiger partial charge in [-0.25, -0.2) is 9.48 Å². The van der Waals surface area contributed by atoms with Gasteiger partial charge in [0.1, 0.15) is 18.9 Å². The van der Waals surface area contributed by atoms with E-state index in [4.69, 9.17) is 5.73 Å². The van der Waals surface area contributed by atoms with E-state index in [1.165, 1.54) is 0 Å². The summed E-state index contributed by atoms with van der Waals surface area (Å²) in [5.41, 5.74) is 5.95.